The molecule has 0 aliphatic carbocycles. The average Bonchev–Trinajstić information content (AvgIpc) is 2.71. The van der Waals surface area contributed by atoms with Crippen molar-refractivity contribution in [1.29, 1.82) is 0 Å². The number of benzene rings is 2. The fourth-order valence-corrected chi connectivity index (χ4v) is 4.70. The van der Waals surface area contributed by atoms with E-state index in [0.29, 0.717) is 22.2 Å². The summed E-state index contributed by atoms with van der Waals surface area (Å²) in [5.41, 5.74) is 0.559. The van der Waals surface area contributed by atoms with E-state index in [4.69, 9.17) is 27.9 Å². The number of anilines is 1. The summed E-state index contributed by atoms with van der Waals surface area (Å²) in [5, 5.41) is 13.0. The number of hydrogen-bond acceptors (Lipinski definition) is 5. The standard InChI is InChI=1S/C20H24Cl2N2O5S/c1-3-10-23-20(26)29-13-14(2)24(19-11-17(22)5-4-15(19)12-25)30(27,28)18-8-6-16(21)7-9-18/h4-9,11,14,25H,3,10,12-13H2,1-2H3,(H,23,26). The maximum absolute atomic E-state index is 13.5. The SMILES string of the molecule is CCCNC(=O)OCC(C)N(c1cc(Cl)ccc1CO)S(=O)(=O)c1ccc(Cl)cc1. The van der Waals surface area contributed by atoms with Gasteiger partial charge in [-0.2, -0.15) is 0 Å². The molecule has 0 bridgehead atoms. The van der Waals surface area contributed by atoms with E-state index >= 15 is 0 Å². The van der Waals surface area contributed by atoms with Crippen LogP contribution in [-0.2, 0) is 21.4 Å². The molecule has 0 aromatic heterocycles. The van der Waals surface area contributed by atoms with E-state index in [0.717, 1.165) is 10.7 Å². The smallest absolute Gasteiger partial charge is 0.407 e. The number of rotatable bonds is 9. The van der Waals surface area contributed by atoms with Gasteiger partial charge in [0.2, 0.25) is 0 Å². The minimum Gasteiger partial charge on any atom is -0.447 e. The highest BCUT2D eigenvalue weighted by Gasteiger charge is 2.32. The summed E-state index contributed by atoms with van der Waals surface area (Å²) in [5.74, 6) is 0. The van der Waals surface area contributed by atoms with Gasteiger partial charge < -0.3 is 15.2 Å². The van der Waals surface area contributed by atoms with Crippen molar-refractivity contribution in [1.82, 2.24) is 5.32 Å². The zero-order valence-corrected chi connectivity index (χ0v) is 19.0. The maximum Gasteiger partial charge on any atom is 0.407 e. The predicted octanol–water partition coefficient (Wildman–Crippen LogP) is 4.21. The van der Waals surface area contributed by atoms with Crippen molar-refractivity contribution in [2.45, 2.75) is 37.8 Å². The van der Waals surface area contributed by atoms with E-state index in [1.165, 1.54) is 30.3 Å². The number of aliphatic hydroxyl groups is 1. The highest BCUT2D eigenvalue weighted by atomic mass is 35.5. The second kappa shape index (κ2) is 10.9. The van der Waals surface area contributed by atoms with Crippen molar-refractivity contribution in [3.63, 3.8) is 0 Å². The molecule has 2 aromatic carbocycles. The van der Waals surface area contributed by atoms with Crippen LogP contribution in [-0.4, -0.2) is 38.8 Å². The minimum atomic E-state index is -4.09. The van der Waals surface area contributed by atoms with Gasteiger partial charge in [-0.05, 0) is 49.7 Å². The largest absolute Gasteiger partial charge is 0.447 e. The Morgan fingerprint density at radius 3 is 2.40 bits per heavy atom. The summed E-state index contributed by atoms with van der Waals surface area (Å²) in [6.07, 6.45) is 0.102. The number of nitrogens with zero attached hydrogens (tertiary/aromatic N) is 1. The highest BCUT2D eigenvalue weighted by Crippen LogP contribution is 2.32. The second-order valence-corrected chi connectivity index (χ2v) is 9.25. The fourth-order valence-electron chi connectivity index (χ4n) is 2.74. The Morgan fingerprint density at radius 2 is 1.80 bits per heavy atom. The third kappa shape index (κ3) is 6.01. The number of nitrogens with one attached hydrogen (secondary N) is 1. The van der Waals surface area contributed by atoms with Crippen molar-refractivity contribution in [3.8, 4) is 0 Å². The Hall–Kier alpha value is -2.00. The molecule has 0 fully saturated rings. The molecule has 0 aliphatic rings. The lowest BCUT2D eigenvalue weighted by Crippen LogP contribution is -2.43. The van der Waals surface area contributed by atoms with E-state index in [1.54, 1.807) is 19.1 Å². The Labute approximate surface area is 186 Å². The number of aliphatic hydroxyl groups excluding tert-OH is 1. The first kappa shape index (κ1) is 24.3. The quantitative estimate of drug-likeness (QED) is 0.567. The normalized spacial score (nSPS) is 12.3. The summed E-state index contributed by atoms with van der Waals surface area (Å²) >= 11 is 12.0. The zero-order valence-electron chi connectivity index (χ0n) is 16.6. The van der Waals surface area contributed by atoms with Gasteiger partial charge >= 0.3 is 6.09 Å². The van der Waals surface area contributed by atoms with Crippen molar-refractivity contribution < 1.29 is 23.1 Å². The molecule has 1 amide bonds. The van der Waals surface area contributed by atoms with Gasteiger partial charge in [-0.25, -0.2) is 13.2 Å². The van der Waals surface area contributed by atoms with Crippen molar-refractivity contribution in [3.05, 3.63) is 58.1 Å². The fraction of sp³-hybridized carbons (Fsp3) is 0.350. The van der Waals surface area contributed by atoms with Crippen LogP contribution < -0.4 is 9.62 Å². The molecule has 0 saturated carbocycles. The predicted molar refractivity (Wildman–Crippen MR) is 118 cm³/mol. The summed E-state index contributed by atoms with van der Waals surface area (Å²) in [6, 6.07) is 9.47. The van der Waals surface area contributed by atoms with Gasteiger partial charge in [0.05, 0.1) is 23.2 Å². The number of halogens is 2. The Morgan fingerprint density at radius 1 is 1.17 bits per heavy atom. The van der Waals surface area contributed by atoms with Gasteiger partial charge in [-0.1, -0.05) is 36.2 Å². The van der Waals surface area contributed by atoms with Gasteiger partial charge in [0.1, 0.15) is 6.61 Å². The molecule has 164 valence electrons. The third-order valence-corrected chi connectivity index (χ3v) is 6.63. The van der Waals surface area contributed by atoms with Gasteiger partial charge in [0.15, 0.2) is 0 Å². The molecule has 1 atom stereocenters. The van der Waals surface area contributed by atoms with Crippen molar-refractivity contribution in [2.24, 2.45) is 0 Å². The third-order valence-electron chi connectivity index (χ3n) is 4.20. The molecular formula is C20H24Cl2N2O5S. The lowest BCUT2D eigenvalue weighted by Gasteiger charge is -2.31. The van der Waals surface area contributed by atoms with Crippen LogP contribution in [0.25, 0.3) is 0 Å². The number of ether oxygens (including phenoxy) is 1. The number of alkyl carbamates (subject to hydrolysis) is 1. The summed E-state index contributed by atoms with van der Waals surface area (Å²) in [6.45, 7) is 3.34. The Bertz CT molecular complexity index is 968. The lowest BCUT2D eigenvalue weighted by molar-refractivity contribution is 0.141. The van der Waals surface area contributed by atoms with Crippen LogP contribution >= 0.6 is 23.2 Å². The minimum absolute atomic E-state index is 0.00181. The zero-order chi connectivity index (χ0) is 22.3. The lowest BCUT2D eigenvalue weighted by atomic mass is 10.1. The molecule has 7 nitrogen and oxygen atoms in total. The Balaban J connectivity index is 2.46. The summed E-state index contributed by atoms with van der Waals surface area (Å²) in [4.78, 5) is 11.8. The van der Waals surface area contributed by atoms with Crippen molar-refractivity contribution >= 4 is 45.0 Å². The van der Waals surface area contributed by atoms with E-state index in [-0.39, 0.29) is 17.2 Å². The first-order valence-electron chi connectivity index (χ1n) is 9.30. The van der Waals surface area contributed by atoms with Gasteiger partial charge in [0.25, 0.3) is 10.0 Å². The van der Waals surface area contributed by atoms with Crippen LogP contribution in [0.1, 0.15) is 25.8 Å². The molecule has 0 radical (unpaired) electrons. The maximum atomic E-state index is 13.5. The van der Waals surface area contributed by atoms with Crippen LogP contribution in [0.15, 0.2) is 47.4 Å². The monoisotopic (exact) mass is 474 g/mol. The van der Waals surface area contributed by atoms with Gasteiger partial charge in [-0.3, -0.25) is 4.31 Å². The Kier molecular flexibility index (Phi) is 8.78. The molecule has 2 aromatic rings. The van der Waals surface area contributed by atoms with E-state index in [2.05, 4.69) is 5.32 Å². The number of amides is 1. The van der Waals surface area contributed by atoms with Crippen LogP contribution in [0.3, 0.4) is 0 Å². The van der Waals surface area contributed by atoms with Crippen molar-refractivity contribution in [2.75, 3.05) is 17.5 Å². The number of carbonyl (C=O) groups is 1. The van der Waals surface area contributed by atoms with Crippen LogP contribution in [0.4, 0.5) is 10.5 Å². The first-order valence-corrected chi connectivity index (χ1v) is 11.5. The second-order valence-electron chi connectivity index (χ2n) is 6.56. The summed E-state index contributed by atoms with van der Waals surface area (Å²) in [7, 11) is -4.09. The average molecular weight is 475 g/mol. The first-order chi connectivity index (χ1) is 14.2. The molecule has 0 saturated heterocycles. The summed E-state index contributed by atoms with van der Waals surface area (Å²) < 4.78 is 33.3. The molecule has 30 heavy (non-hydrogen) atoms. The van der Waals surface area contributed by atoms with E-state index < -0.39 is 28.8 Å². The van der Waals surface area contributed by atoms with E-state index in [1.807, 2.05) is 6.92 Å². The van der Waals surface area contributed by atoms with Crippen LogP contribution in [0, 0.1) is 0 Å². The molecular weight excluding hydrogens is 451 g/mol. The molecule has 2 rings (SSSR count). The van der Waals surface area contributed by atoms with E-state index in [9.17, 15) is 18.3 Å². The molecule has 1 unspecified atom stereocenters. The molecule has 0 spiro atoms. The van der Waals surface area contributed by atoms with Gasteiger partial charge in [0, 0.05) is 22.2 Å². The number of hydrogen-bond donors (Lipinski definition) is 2. The highest BCUT2D eigenvalue weighted by molar-refractivity contribution is 7.92. The molecule has 2 N–H and O–H groups in total. The molecule has 10 heteroatoms. The van der Waals surface area contributed by atoms with Crippen LogP contribution in [0.2, 0.25) is 10.0 Å². The number of carbonyl (C=O) groups excluding carboxylic acids is 1. The van der Waals surface area contributed by atoms with Crippen LogP contribution in [0.5, 0.6) is 0 Å². The topological polar surface area (TPSA) is 95.9 Å². The van der Waals surface area contributed by atoms with Gasteiger partial charge in [-0.15, -0.1) is 0 Å². The molecule has 0 aliphatic heterocycles. The molecule has 0 heterocycles. The number of sulfonamides is 1.